The van der Waals surface area contributed by atoms with Gasteiger partial charge in [-0.3, -0.25) is 19.2 Å². The Balaban J connectivity index is 2.08. The summed E-state index contributed by atoms with van der Waals surface area (Å²) in [5.41, 5.74) is 1.78. The highest BCUT2D eigenvalue weighted by Gasteiger charge is 2.36. The topological polar surface area (TPSA) is 126 Å². The molecule has 3 atom stereocenters. The Morgan fingerprint density at radius 3 is 2.66 bits per heavy atom. The summed E-state index contributed by atoms with van der Waals surface area (Å²) in [5, 5.41) is 2.37. The first kappa shape index (κ1) is 25.1. The van der Waals surface area contributed by atoms with Gasteiger partial charge in [-0.1, -0.05) is 13.0 Å². The van der Waals surface area contributed by atoms with Crippen LogP contribution in [0.4, 0.5) is 0 Å². The molecule has 176 valence electrons. The number of ether oxygens (including phenoxy) is 5. The molecule has 0 fully saturated rings. The number of fused-ring (bicyclic) bond motifs is 1. The number of hydrogen-bond acceptors (Lipinski definition) is 9. The smallest absolute Gasteiger partial charge is 0.306 e. The number of hydrogen-bond donors (Lipinski definition) is 1. The average molecular weight is 451 g/mol. The Labute approximate surface area is 186 Å². The molecule has 0 heterocycles. The van der Waals surface area contributed by atoms with E-state index in [1.54, 1.807) is 6.07 Å². The van der Waals surface area contributed by atoms with Crippen molar-refractivity contribution >= 4 is 24.8 Å². The minimum atomic E-state index is -0.660. The van der Waals surface area contributed by atoms with Gasteiger partial charge in [0.15, 0.2) is 6.79 Å². The van der Waals surface area contributed by atoms with E-state index < -0.39 is 18.0 Å². The van der Waals surface area contributed by atoms with Crippen LogP contribution in [0.3, 0.4) is 0 Å². The van der Waals surface area contributed by atoms with Gasteiger partial charge in [0.1, 0.15) is 18.5 Å². The summed E-state index contributed by atoms with van der Waals surface area (Å²) >= 11 is 0. The minimum Gasteiger partial charge on any atom is -0.468 e. The second kappa shape index (κ2) is 13.3. The van der Waals surface area contributed by atoms with Crippen molar-refractivity contribution in [2.24, 2.45) is 5.92 Å². The lowest BCUT2D eigenvalue weighted by Gasteiger charge is -2.36. The first-order valence-electron chi connectivity index (χ1n) is 10.3. The third-order valence-electron chi connectivity index (χ3n) is 5.09. The molecule has 3 unspecified atom stereocenters. The number of carbonyl (C=O) groups excluding carboxylic acids is 4. The number of amides is 1. The van der Waals surface area contributed by atoms with Gasteiger partial charge in [0.25, 0.3) is 6.47 Å². The van der Waals surface area contributed by atoms with Gasteiger partial charge in [0.05, 0.1) is 26.0 Å². The molecule has 0 radical (unpaired) electrons. The maximum atomic E-state index is 12.5. The van der Waals surface area contributed by atoms with E-state index in [0.717, 1.165) is 11.1 Å². The minimum absolute atomic E-state index is 0.0237. The second-order valence-corrected chi connectivity index (χ2v) is 7.37. The third-order valence-corrected chi connectivity index (χ3v) is 5.09. The summed E-state index contributed by atoms with van der Waals surface area (Å²) in [5.74, 6) is -0.665. The van der Waals surface area contributed by atoms with Gasteiger partial charge in [-0.2, -0.15) is 0 Å². The van der Waals surface area contributed by atoms with Crippen LogP contribution in [0.25, 0.3) is 0 Å². The maximum absolute atomic E-state index is 12.5. The summed E-state index contributed by atoms with van der Waals surface area (Å²) in [6.07, 6.45) is 0.186. The Morgan fingerprint density at radius 2 is 1.94 bits per heavy atom. The van der Waals surface area contributed by atoms with Crippen LogP contribution in [0.2, 0.25) is 0 Å². The Morgan fingerprint density at radius 1 is 1.16 bits per heavy atom. The van der Waals surface area contributed by atoms with Gasteiger partial charge in [-0.15, -0.1) is 0 Å². The predicted octanol–water partition coefficient (Wildman–Crippen LogP) is 1.62. The number of methoxy groups -OCH3 is 1. The Kier molecular flexibility index (Phi) is 10.5. The maximum Gasteiger partial charge on any atom is 0.306 e. The lowest BCUT2D eigenvalue weighted by Crippen LogP contribution is -2.30. The highest BCUT2D eigenvalue weighted by atomic mass is 16.7. The predicted molar refractivity (Wildman–Crippen MR) is 111 cm³/mol. The van der Waals surface area contributed by atoms with Gasteiger partial charge in [-0.25, -0.2) is 0 Å². The summed E-state index contributed by atoms with van der Waals surface area (Å²) in [4.78, 5) is 45.2. The third kappa shape index (κ3) is 7.52. The molecule has 2 rings (SSSR count). The highest BCUT2D eigenvalue weighted by Crippen LogP contribution is 2.44. The highest BCUT2D eigenvalue weighted by molar-refractivity contribution is 5.77. The molecular formula is C22H29NO9. The Bertz CT molecular complexity index is 783. The molecule has 0 aliphatic heterocycles. The average Bonchev–Trinajstić information content (AvgIpc) is 2.79. The molecule has 1 aromatic carbocycles. The number of rotatable bonds is 14. The molecule has 0 aromatic heterocycles. The van der Waals surface area contributed by atoms with Crippen molar-refractivity contribution in [1.29, 1.82) is 0 Å². The molecule has 1 aliphatic rings. The van der Waals surface area contributed by atoms with Crippen molar-refractivity contribution in [2.75, 3.05) is 33.7 Å². The molecule has 1 N–H and O–H groups in total. The van der Waals surface area contributed by atoms with E-state index in [9.17, 15) is 19.2 Å². The summed E-state index contributed by atoms with van der Waals surface area (Å²) in [7, 11) is 1.52. The van der Waals surface area contributed by atoms with Crippen LogP contribution in [0.1, 0.15) is 49.3 Å². The summed E-state index contributed by atoms with van der Waals surface area (Å²) < 4.78 is 26.1. The molecule has 10 heteroatoms. The van der Waals surface area contributed by atoms with Crippen LogP contribution in [-0.4, -0.2) is 58.5 Å². The lowest BCUT2D eigenvalue weighted by molar-refractivity contribution is -0.158. The standard InChI is InChI=1S/C22H29NO9/c1-15-9-16(11-29-13-25)22(19-10-17(31-14-28-2)3-4-18(15)19)32-21(27)6-5-20(26)30-8-7-23-12-24/h3-4,10,12-13,15-16,22H,5-9,11,14H2,1-2H3,(H,23,24). The quantitative estimate of drug-likeness (QED) is 0.148. The van der Waals surface area contributed by atoms with E-state index in [1.165, 1.54) is 7.11 Å². The molecule has 1 aromatic rings. The van der Waals surface area contributed by atoms with E-state index in [4.69, 9.17) is 23.7 Å². The molecule has 1 aliphatic carbocycles. The van der Waals surface area contributed by atoms with E-state index in [0.29, 0.717) is 25.1 Å². The molecule has 0 bridgehead atoms. The van der Waals surface area contributed by atoms with Gasteiger partial charge in [0, 0.05) is 13.0 Å². The number of nitrogens with one attached hydrogen (secondary N) is 1. The fourth-order valence-corrected chi connectivity index (χ4v) is 3.66. The van der Waals surface area contributed by atoms with Crippen molar-refractivity contribution in [3.05, 3.63) is 29.3 Å². The largest absolute Gasteiger partial charge is 0.468 e. The van der Waals surface area contributed by atoms with Gasteiger partial charge in [0.2, 0.25) is 6.41 Å². The number of carbonyl (C=O) groups is 4. The van der Waals surface area contributed by atoms with Gasteiger partial charge in [-0.05, 0) is 35.6 Å². The zero-order chi connectivity index (χ0) is 23.3. The molecule has 0 spiro atoms. The van der Waals surface area contributed by atoms with Crippen molar-refractivity contribution in [3.8, 4) is 5.75 Å². The summed E-state index contributed by atoms with van der Waals surface area (Å²) in [6.45, 7) is 2.81. The van der Waals surface area contributed by atoms with E-state index in [1.807, 2.05) is 12.1 Å². The number of esters is 2. The van der Waals surface area contributed by atoms with Crippen LogP contribution in [0, 0.1) is 5.92 Å². The van der Waals surface area contributed by atoms with Gasteiger partial charge >= 0.3 is 11.9 Å². The van der Waals surface area contributed by atoms with Crippen molar-refractivity contribution in [1.82, 2.24) is 5.32 Å². The first-order chi connectivity index (χ1) is 15.5. The van der Waals surface area contributed by atoms with E-state index in [2.05, 4.69) is 12.2 Å². The van der Waals surface area contributed by atoms with Gasteiger partial charge < -0.3 is 29.0 Å². The van der Waals surface area contributed by atoms with Crippen LogP contribution >= 0.6 is 0 Å². The molecule has 10 nitrogen and oxygen atoms in total. The van der Waals surface area contributed by atoms with E-state index in [-0.39, 0.29) is 51.2 Å². The number of benzene rings is 1. The molecule has 32 heavy (non-hydrogen) atoms. The fraction of sp³-hybridized carbons (Fsp3) is 0.545. The summed E-state index contributed by atoms with van der Waals surface area (Å²) in [6, 6.07) is 5.54. The molecule has 0 saturated carbocycles. The molecule has 1 amide bonds. The lowest BCUT2D eigenvalue weighted by atomic mass is 9.76. The Hall–Kier alpha value is -3.14. The zero-order valence-electron chi connectivity index (χ0n) is 18.2. The molecular weight excluding hydrogens is 422 g/mol. The van der Waals surface area contributed by atoms with Crippen LogP contribution in [0.5, 0.6) is 5.75 Å². The first-order valence-corrected chi connectivity index (χ1v) is 10.3. The molecule has 0 saturated heterocycles. The van der Waals surface area contributed by atoms with Crippen LogP contribution in [-0.2, 0) is 38.1 Å². The van der Waals surface area contributed by atoms with Crippen LogP contribution < -0.4 is 10.1 Å². The van der Waals surface area contributed by atoms with Crippen LogP contribution in [0.15, 0.2) is 18.2 Å². The SMILES string of the molecule is COCOc1ccc2c(c1)C(OC(=O)CCC(=O)OCCNC=O)C(COC=O)CC2C. The normalized spacial score (nSPS) is 19.2. The van der Waals surface area contributed by atoms with Crippen molar-refractivity contribution < 1.29 is 42.9 Å². The second-order valence-electron chi connectivity index (χ2n) is 7.37. The van der Waals surface area contributed by atoms with Crippen molar-refractivity contribution in [3.63, 3.8) is 0 Å². The van der Waals surface area contributed by atoms with Crippen molar-refractivity contribution in [2.45, 2.75) is 38.2 Å². The fourth-order valence-electron chi connectivity index (χ4n) is 3.66. The monoisotopic (exact) mass is 451 g/mol. The van der Waals surface area contributed by atoms with E-state index >= 15 is 0 Å². The zero-order valence-corrected chi connectivity index (χ0v) is 18.2.